The average Bonchev–Trinajstić information content (AvgIpc) is 2.41. The maximum atomic E-state index is 13.5. The van der Waals surface area contributed by atoms with Gasteiger partial charge in [-0.25, -0.2) is 8.78 Å². The van der Waals surface area contributed by atoms with Gasteiger partial charge in [0.05, 0.1) is 5.69 Å². The van der Waals surface area contributed by atoms with Crippen molar-refractivity contribution in [2.45, 2.75) is 25.9 Å². The highest BCUT2D eigenvalue weighted by molar-refractivity contribution is 5.25. The Labute approximate surface area is 110 Å². The van der Waals surface area contributed by atoms with Gasteiger partial charge in [0.15, 0.2) is 0 Å². The van der Waals surface area contributed by atoms with E-state index in [1.54, 1.807) is 12.3 Å². The summed E-state index contributed by atoms with van der Waals surface area (Å²) in [6, 6.07) is 7.04. The summed E-state index contributed by atoms with van der Waals surface area (Å²) in [4.78, 5) is 4.15. The molecule has 1 aromatic carbocycles. The summed E-state index contributed by atoms with van der Waals surface area (Å²) >= 11 is 0. The van der Waals surface area contributed by atoms with Gasteiger partial charge in [-0.05, 0) is 29.7 Å². The predicted octanol–water partition coefficient (Wildman–Crippen LogP) is 3.20. The van der Waals surface area contributed by atoms with Gasteiger partial charge in [-0.2, -0.15) is 0 Å². The van der Waals surface area contributed by atoms with Crippen molar-refractivity contribution in [3.05, 3.63) is 65.0 Å². The van der Waals surface area contributed by atoms with E-state index in [4.69, 9.17) is 0 Å². The van der Waals surface area contributed by atoms with Crippen molar-refractivity contribution in [2.75, 3.05) is 0 Å². The lowest BCUT2D eigenvalue weighted by molar-refractivity contribution is 0.171. The van der Waals surface area contributed by atoms with Crippen LogP contribution in [-0.2, 0) is 12.8 Å². The molecule has 0 aliphatic heterocycles. The lowest BCUT2D eigenvalue weighted by Crippen LogP contribution is -2.08. The third-order valence-corrected chi connectivity index (χ3v) is 3.05. The molecular formula is C15H15F2NO. The summed E-state index contributed by atoms with van der Waals surface area (Å²) in [6.45, 7) is 1.96. The first-order valence-electron chi connectivity index (χ1n) is 6.17. The van der Waals surface area contributed by atoms with Crippen molar-refractivity contribution in [2.24, 2.45) is 0 Å². The minimum atomic E-state index is -0.892. The molecule has 0 saturated carbocycles. The molecule has 0 spiro atoms. The molecule has 0 radical (unpaired) electrons. The molecule has 2 nitrogen and oxygen atoms in total. The minimum Gasteiger partial charge on any atom is -0.386 e. The summed E-state index contributed by atoms with van der Waals surface area (Å²) in [5.74, 6) is -1.27. The van der Waals surface area contributed by atoms with Crippen molar-refractivity contribution in [1.29, 1.82) is 0 Å². The Balaban J connectivity index is 2.23. The zero-order chi connectivity index (χ0) is 13.8. The summed E-state index contributed by atoms with van der Waals surface area (Å²) < 4.78 is 26.3. The van der Waals surface area contributed by atoms with Crippen molar-refractivity contribution < 1.29 is 13.9 Å². The zero-order valence-electron chi connectivity index (χ0n) is 10.6. The first-order chi connectivity index (χ1) is 9.11. The number of rotatable bonds is 4. The third-order valence-electron chi connectivity index (χ3n) is 3.05. The van der Waals surface area contributed by atoms with Gasteiger partial charge >= 0.3 is 0 Å². The lowest BCUT2D eigenvalue weighted by atomic mass is 10.0. The molecule has 0 aliphatic carbocycles. The van der Waals surface area contributed by atoms with Crippen LogP contribution in [0.15, 0.2) is 36.5 Å². The van der Waals surface area contributed by atoms with Gasteiger partial charge < -0.3 is 5.11 Å². The Morgan fingerprint density at radius 2 is 2.00 bits per heavy atom. The zero-order valence-corrected chi connectivity index (χ0v) is 10.6. The van der Waals surface area contributed by atoms with E-state index >= 15 is 0 Å². The Hall–Kier alpha value is -1.81. The van der Waals surface area contributed by atoms with Crippen LogP contribution in [0.1, 0.15) is 29.8 Å². The second-order valence-electron chi connectivity index (χ2n) is 4.36. The number of hydrogen-bond acceptors (Lipinski definition) is 2. The van der Waals surface area contributed by atoms with Crippen LogP contribution in [-0.4, -0.2) is 10.1 Å². The number of benzene rings is 1. The molecule has 2 rings (SSSR count). The van der Waals surface area contributed by atoms with Crippen LogP contribution in [0.4, 0.5) is 8.78 Å². The van der Waals surface area contributed by atoms with Crippen LogP contribution in [0.2, 0.25) is 0 Å². The van der Waals surface area contributed by atoms with E-state index < -0.39 is 17.7 Å². The Morgan fingerprint density at radius 1 is 1.21 bits per heavy atom. The van der Waals surface area contributed by atoms with E-state index in [0.717, 1.165) is 18.1 Å². The van der Waals surface area contributed by atoms with Crippen LogP contribution >= 0.6 is 0 Å². The number of halogens is 2. The van der Waals surface area contributed by atoms with E-state index in [9.17, 15) is 13.9 Å². The lowest BCUT2D eigenvalue weighted by Gasteiger charge is -2.14. The molecule has 1 heterocycles. The first-order valence-corrected chi connectivity index (χ1v) is 6.17. The van der Waals surface area contributed by atoms with Crippen molar-refractivity contribution in [1.82, 2.24) is 4.98 Å². The number of aryl methyl sites for hydroxylation is 1. The van der Waals surface area contributed by atoms with E-state index in [1.807, 2.05) is 13.0 Å². The fourth-order valence-corrected chi connectivity index (χ4v) is 2.04. The highest BCUT2D eigenvalue weighted by Crippen LogP contribution is 2.22. The van der Waals surface area contributed by atoms with E-state index in [0.29, 0.717) is 5.69 Å². The topological polar surface area (TPSA) is 33.1 Å². The van der Waals surface area contributed by atoms with E-state index in [2.05, 4.69) is 4.98 Å². The van der Waals surface area contributed by atoms with Crippen LogP contribution in [0.5, 0.6) is 0 Å². The SMILES string of the molecule is CCc1cccnc1C(O)Cc1ccc(F)cc1F. The summed E-state index contributed by atoms with van der Waals surface area (Å²) in [5, 5.41) is 10.2. The molecule has 1 aromatic heterocycles. The monoisotopic (exact) mass is 263 g/mol. The van der Waals surface area contributed by atoms with Gasteiger partial charge in [-0.3, -0.25) is 4.98 Å². The van der Waals surface area contributed by atoms with Crippen LogP contribution in [0, 0.1) is 11.6 Å². The van der Waals surface area contributed by atoms with E-state index in [1.165, 1.54) is 12.1 Å². The van der Waals surface area contributed by atoms with Crippen molar-refractivity contribution in [3.63, 3.8) is 0 Å². The highest BCUT2D eigenvalue weighted by Gasteiger charge is 2.15. The highest BCUT2D eigenvalue weighted by atomic mass is 19.1. The molecule has 0 aliphatic rings. The molecule has 0 fully saturated rings. The molecule has 1 unspecified atom stereocenters. The molecule has 0 saturated heterocycles. The Morgan fingerprint density at radius 3 is 2.68 bits per heavy atom. The molecule has 0 bridgehead atoms. The van der Waals surface area contributed by atoms with Crippen LogP contribution in [0.3, 0.4) is 0 Å². The second-order valence-corrected chi connectivity index (χ2v) is 4.36. The number of aliphatic hydroxyl groups is 1. The van der Waals surface area contributed by atoms with Crippen LogP contribution < -0.4 is 0 Å². The molecule has 4 heteroatoms. The standard InChI is InChI=1S/C15H15F2NO/c1-2-10-4-3-7-18-15(10)14(19)8-11-5-6-12(16)9-13(11)17/h3-7,9,14,19H,2,8H2,1H3. The van der Waals surface area contributed by atoms with Crippen LogP contribution in [0.25, 0.3) is 0 Å². The number of nitrogens with zero attached hydrogens (tertiary/aromatic N) is 1. The fourth-order valence-electron chi connectivity index (χ4n) is 2.04. The third kappa shape index (κ3) is 3.15. The van der Waals surface area contributed by atoms with Gasteiger partial charge in [0.25, 0.3) is 0 Å². The molecule has 0 amide bonds. The summed E-state index contributed by atoms with van der Waals surface area (Å²) in [5.41, 5.74) is 1.76. The second kappa shape index (κ2) is 5.89. The van der Waals surface area contributed by atoms with E-state index in [-0.39, 0.29) is 12.0 Å². The van der Waals surface area contributed by atoms with Crippen molar-refractivity contribution >= 4 is 0 Å². The molecule has 2 aromatic rings. The summed E-state index contributed by atoms with van der Waals surface area (Å²) in [7, 11) is 0. The van der Waals surface area contributed by atoms with Crippen molar-refractivity contribution in [3.8, 4) is 0 Å². The largest absolute Gasteiger partial charge is 0.386 e. The average molecular weight is 263 g/mol. The molecule has 1 N–H and O–H groups in total. The van der Waals surface area contributed by atoms with Gasteiger partial charge in [0.1, 0.15) is 17.7 Å². The van der Waals surface area contributed by atoms with Gasteiger partial charge in [-0.1, -0.05) is 19.1 Å². The number of aliphatic hydroxyl groups excluding tert-OH is 1. The predicted molar refractivity (Wildman–Crippen MR) is 68.6 cm³/mol. The number of hydrogen-bond donors (Lipinski definition) is 1. The fraction of sp³-hybridized carbons (Fsp3) is 0.267. The Bertz CT molecular complexity index is 572. The Kier molecular flexibility index (Phi) is 4.22. The maximum absolute atomic E-state index is 13.5. The van der Waals surface area contributed by atoms with Gasteiger partial charge in [-0.15, -0.1) is 0 Å². The molecule has 100 valence electrons. The number of pyridine rings is 1. The molecular weight excluding hydrogens is 248 g/mol. The quantitative estimate of drug-likeness (QED) is 0.919. The first kappa shape index (κ1) is 13.6. The molecule has 1 atom stereocenters. The smallest absolute Gasteiger partial charge is 0.129 e. The van der Waals surface area contributed by atoms with Gasteiger partial charge in [0.2, 0.25) is 0 Å². The normalized spacial score (nSPS) is 12.4. The summed E-state index contributed by atoms with van der Waals surface area (Å²) in [6.07, 6.45) is 1.53. The number of aromatic nitrogens is 1. The minimum absolute atomic E-state index is 0.0795. The maximum Gasteiger partial charge on any atom is 0.129 e. The molecule has 19 heavy (non-hydrogen) atoms. The van der Waals surface area contributed by atoms with Gasteiger partial charge in [0, 0.05) is 18.7 Å².